The highest BCUT2D eigenvalue weighted by Crippen LogP contribution is 2.37. The zero-order valence-electron chi connectivity index (χ0n) is 11.8. The van der Waals surface area contributed by atoms with Gasteiger partial charge >= 0.3 is 0 Å². The van der Waals surface area contributed by atoms with Crippen LogP contribution in [-0.2, 0) is 0 Å². The molecule has 0 bridgehead atoms. The minimum Gasteiger partial charge on any atom is -0.365 e. The van der Waals surface area contributed by atoms with Gasteiger partial charge in [-0.1, -0.05) is 6.07 Å². The number of rotatable bonds is 1. The molecular formula is C16H22N2. The monoisotopic (exact) mass is 242 g/mol. The van der Waals surface area contributed by atoms with Crippen LogP contribution in [0.15, 0.2) is 18.2 Å². The quantitative estimate of drug-likeness (QED) is 0.748. The van der Waals surface area contributed by atoms with E-state index in [1.807, 2.05) is 0 Å². The average Bonchev–Trinajstić information content (AvgIpc) is 2.26. The highest BCUT2D eigenvalue weighted by atomic mass is 15.2. The molecule has 0 aliphatic carbocycles. The first-order valence-corrected chi connectivity index (χ1v) is 6.70. The predicted molar refractivity (Wildman–Crippen MR) is 75.7 cm³/mol. The van der Waals surface area contributed by atoms with E-state index in [1.165, 1.54) is 16.8 Å². The third-order valence-electron chi connectivity index (χ3n) is 4.10. The van der Waals surface area contributed by atoms with E-state index in [0.717, 1.165) is 19.4 Å². The zero-order valence-corrected chi connectivity index (χ0v) is 11.8. The summed E-state index contributed by atoms with van der Waals surface area (Å²) in [6.45, 7) is 9.70. The fourth-order valence-corrected chi connectivity index (χ4v) is 3.07. The Morgan fingerprint density at radius 1 is 1.22 bits per heavy atom. The summed E-state index contributed by atoms with van der Waals surface area (Å²) in [5.41, 5.74) is 3.77. The van der Waals surface area contributed by atoms with Crippen molar-refractivity contribution in [3.63, 3.8) is 0 Å². The number of aryl methyl sites for hydroxylation is 2. The minimum atomic E-state index is -0.0762. The highest BCUT2D eigenvalue weighted by Gasteiger charge is 2.38. The van der Waals surface area contributed by atoms with Crippen molar-refractivity contribution in [3.8, 4) is 6.07 Å². The Morgan fingerprint density at radius 2 is 1.83 bits per heavy atom. The van der Waals surface area contributed by atoms with Crippen molar-refractivity contribution < 1.29 is 0 Å². The lowest BCUT2D eigenvalue weighted by atomic mass is 9.79. The van der Waals surface area contributed by atoms with Crippen LogP contribution in [0.2, 0.25) is 0 Å². The third-order valence-corrected chi connectivity index (χ3v) is 4.10. The second-order valence-electron chi connectivity index (χ2n) is 5.98. The number of anilines is 1. The molecule has 1 fully saturated rings. The van der Waals surface area contributed by atoms with Gasteiger partial charge in [-0.15, -0.1) is 0 Å². The highest BCUT2D eigenvalue weighted by molar-refractivity contribution is 5.53. The van der Waals surface area contributed by atoms with Crippen LogP contribution in [0.3, 0.4) is 0 Å². The van der Waals surface area contributed by atoms with Gasteiger partial charge in [0.2, 0.25) is 0 Å². The third kappa shape index (κ3) is 2.22. The lowest BCUT2D eigenvalue weighted by Gasteiger charge is -2.47. The summed E-state index contributed by atoms with van der Waals surface area (Å²) in [5.74, 6) is 0.118. The number of piperidine rings is 1. The second-order valence-corrected chi connectivity index (χ2v) is 5.98. The van der Waals surface area contributed by atoms with Crippen LogP contribution < -0.4 is 4.90 Å². The Bertz CT molecular complexity index is 462. The molecule has 0 N–H and O–H groups in total. The average molecular weight is 242 g/mol. The van der Waals surface area contributed by atoms with Gasteiger partial charge in [0.25, 0.3) is 0 Å². The lowest BCUT2D eigenvalue weighted by molar-refractivity contribution is 0.292. The second kappa shape index (κ2) is 4.65. The lowest BCUT2D eigenvalue weighted by Crippen LogP contribution is -2.53. The molecule has 2 nitrogen and oxygen atoms in total. The maximum Gasteiger partial charge on any atom is 0.0690 e. The molecule has 0 spiro atoms. The molecule has 1 heterocycles. The van der Waals surface area contributed by atoms with Crippen molar-refractivity contribution >= 4 is 5.69 Å². The predicted octanol–water partition coefficient (Wildman–Crippen LogP) is 3.82. The molecule has 0 amide bonds. The van der Waals surface area contributed by atoms with Crippen LogP contribution in [0.5, 0.6) is 0 Å². The number of hydrogen-bond donors (Lipinski definition) is 0. The largest absolute Gasteiger partial charge is 0.365 e. The SMILES string of the molecule is Cc1cc(C)cc(N2CCCC(C#N)C2(C)C)c1. The Labute approximate surface area is 110 Å². The van der Waals surface area contributed by atoms with Crippen molar-refractivity contribution in [2.45, 2.75) is 46.1 Å². The molecule has 1 aromatic rings. The molecule has 18 heavy (non-hydrogen) atoms. The van der Waals surface area contributed by atoms with Gasteiger partial charge in [0, 0.05) is 12.2 Å². The van der Waals surface area contributed by atoms with Crippen LogP contribution in [0.1, 0.15) is 37.8 Å². The van der Waals surface area contributed by atoms with E-state index in [2.05, 4.69) is 56.9 Å². The molecule has 1 unspecified atom stereocenters. The van der Waals surface area contributed by atoms with Gasteiger partial charge in [-0.25, -0.2) is 0 Å². The molecule has 0 saturated carbocycles. The summed E-state index contributed by atoms with van der Waals surface area (Å²) >= 11 is 0. The molecule has 96 valence electrons. The van der Waals surface area contributed by atoms with E-state index in [9.17, 15) is 5.26 Å². The van der Waals surface area contributed by atoms with Crippen molar-refractivity contribution in [1.82, 2.24) is 0 Å². The van der Waals surface area contributed by atoms with Crippen molar-refractivity contribution in [3.05, 3.63) is 29.3 Å². The minimum absolute atomic E-state index is 0.0762. The normalized spacial score (nSPS) is 22.6. The summed E-state index contributed by atoms with van der Waals surface area (Å²) in [7, 11) is 0. The van der Waals surface area contributed by atoms with E-state index < -0.39 is 0 Å². The molecule has 1 aliphatic heterocycles. The van der Waals surface area contributed by atoms with Gasteiger partial charge in [-0.05, 0) is 63.8 Å². The molecule has 1 aromatic carbocycles. The Hall–Kier alpha value is -1.49. The van der Waals surface area contributed by atoms with E-state index in [0.29, 0.717) is 0 Å². The van der Waals surface area contributed by atoms with Gasteiger partial charge < -0.3 is 4.90 Å². The van der Waals surface area contributed by atoms with Crippen LogP contribution in [0, 0.1) is 31.1 Å². The van der Waals surface area contributed by atoms with Gasteiger partial charge in [0.15, 0.2) is 0 Å². The van der Waals surface area contributed by atoms with Gasteiger partial charge in [-0.3, -0.25) is 0 Å². The van der Waals surface area contributed by atoms with E-state index >= 15 is 0 Å². The number of nitrogens with zero attached hydrogens (tertiary/aromatic N) is 2. The van der Waals surface area contributed by atoms with Crippen LogP contribution in [0.25, 0.3) is 0 Å². The maximum atomic E-state index is 9.32. The van der Waals surface area contributed by atoms with E-state index in [1.54, 1.807) is 0 Å². The first-order valence-electron chi connectivity index (χ1n) is 6.70. The van der Waals surface area contributed by atoms with Crippen molar-refractivity contribution in [2.75, 3.05) is 11.4 Å². The topological polar surface area (TPSA) is 27.0 Å². The van der Waals surface area contributed by atoms with Crippen molar-refractivity contribution in [2.24, 2.45) is 5.92 Å². The Kier molecular flexibility index (Phi) is 3.34. The Balaban J connectivity index is 2.40. The Morgan fingerprint density at radius 3 is 2.39 bits per heavy atom. The molecule has 0 radical (unpaired) electrons. The van der Waals surface area contributed by atoms with Crippen LogP contribution in [0.4, 0.5) is 5.69 Å². The summed E-state index contributed by atoms with van der Waals surface area (Å²) in [5, 5.41) is 9.32. The molecular weight excluding hydrogens is 220 g/mol. The zero-order chi connectivity index (χ0) is 13.3. The number of nitriles is 1. The fourth-order valence-electron chi connectivity index (χ4n) is 3.07. The molecule has 1 saturated heterocycles. The molecule has 0 aromatic heterocycles. The fraction of sp³-hybridized carbons (Fsp3) is 0.562. The van der Waals surface area contributed by atoms with Crippen LogP contribution in [-0.4, -0.2) is 12.1 Å². The van der Waals surface area contributed by atoms with Gasteiger partial charge in [0.1, 0.15) is 0 Å². The summed E-state index contributed by atoms with van der Waals surface area (Å²) in [6, 6.07) is 9.14. The standard InChI is InChI=1S/C16H22N2/c1-12-8-13(2)10-15(9-12)18-7-5-6-14(11-17)16(18,3)4/h8-10,14H,5-7H2,1-4H3. The molecule has 2 rings (SSSR count). The molecule has 1 aliphatic rings. The van der Waals surface area contributed by atoms with Crippen molar-refractivity contribution in [1.29, 1.82) is 5.26 Å². The first-order chi connectivity index (χ1) is 8.45. The maximum absolute atomic E-state index is 9.32. The van der Waals surface area contributed by atoms with Gasteiger partial charge in [0.05, 0.1) is 17.5 Å². The molecule has 2 heteroatoms. The van der Waals surface area contributed by atoms with Crippen LogP contribution >= 0.6 is 0 Å². The first kappa shape index (κ1) is 13.0. The number of benzene rings is 1. The number of hydrogen-bond acceptors (Lipinski definition) is 2. The molecule has 1 atom stereocenters. The smallest absolute Gasteiger partial charge is 0.0690 e. The van der Waals surface area contributed by atoms with Gasteiger partial charge in [-0.2, -0.15) is 5.26 Å². The summed E-state index contributed by atoms with van der Waals surface area (Å²) < 4.78 is 0. The summed E-state index contributed by atoms with van der Waals surface area (Å²) in [4.78, 5) is 2.41. The summed E-state index contributed by atoms with van der Waals surface area (Å²) in [6.07, 6.45) is 2.12. The van der Waals surface area contributed by atoms with E-state index in [-0.39, 0.29) is 11.5 Å². The van der Waals surface area contributed by atoms with E-state index in [4.69, 9.17) is 0 Å².